The summed E-state index contributed by atoms with van der Waals surface area (Å²) in [5.74, 6) is -0.401. The summed E-state index contributed by atoms with van der Waals surface area (Å²) in [7, 11) is 0. The number of carboxylic acids is 1. The number of nitrogens with zero attached hydrogens (tertiary/aromatic N) is 1. The Bertz CT molecular complexity index is 1290. The first-order valence-corrected chi connectivity index (χ1v) is 10.9. The van der Waals surface area contributed by atoms with Crippen LogP contribution in [0, 0.1) is 6.92 Å². The monoisotopic (exact) mass is 475 g/mol. The maximum Gasteiger partial charge on any atom is 0.416 e. The molecule has 0 saturated carbocycles. The van der Waals surface area contributed by atoms with Crippen LogP contribution in [-0.4, -0.2) is 22.7 Å². The van der Waals surface area contributed by atoms with Gasteiger partial charge in [-0.25, -0.2) is 4.98 Å². The van der Waals surface area contributed by atoms with Gasteiger partial charge in [0.25, 0.3) is 0 Å². The van der Waals surface area contributed by atoms with E-state index in [1.54, 1.807) is 18.2 Å². The second kappa shape index (κ2) is 8.90. The molecule has 0 saturated heterocycles. The summed E-state index contributed by atoms with van der Waals surface area (Å²) < 4.78 is 49.8. The van der Waals surface area contributed by atoms with Crippen molar-refractivity contribution in [2.45, 2.75) is 32.4 Å². The fraction of sp³-hybridized carbons (Fsp3) is 0.250. The largest absolute Gasteiger partial charge is 0.493 e. The van der Waals surface area contributed by atoms with Crippen molar-refractivity contribution < 1.29 is 32.2 Å². The van der Waals surface area contributed by atoms with Gasteiger partial charge in [-0.3, -0.25) is 4.79 Å². The Morgan fingerprint density at radius 3 is 2.61 bits per heavy atom. The average Bonchev–Trinajstić information content (AvgIpc) is 3.34. The van der Waals surface area contributed by atoms with Gasteiger partial charge in [0.05, 0.1) is 30.5 Å². The first-order valence-electron chi connectivity index (χ1n) is 10.1. The predicted molar refractivity (Wildman–Crippen MR) is 119 cm³/mol. The number of hydrogen-bond donors (Lipinski definition) is 1. The van der Waals surface area contributed by atoms with E-state index in [-0.39, 0.29) is 12.3 Å². The smallest absolute Gasteiger partial charge is 0.416 e. The zero-order chi connectivity index (χ0) is 23.8. The van der Waals surface area contributed by atoms with Gasteiger partial charge in [0, 0.05) is 33.4 Å². The lowest BCUT2D eigenvalue weighted by Crippen LogP contribution is -2.08. The summed E-state index contributed by atoms with van der Waals surface area (Å²) in [6.45, 7) is 4.23. The molecule has 1 atom stereocenters. The third-order valence-electron chi connectivity index (χ3n) is 5.23. The molecule has 0 radical (unpaired) electrons. The van der Waals surface area contributed by atoms with Crippen LogP contribution >= 0.6 is 11.3 Å². The number of halogens is 3. The van der Waals surface area contributed by atoms with E-state index in [1.807, 2.05) is 13.8 Å². The zero-order valence-electron chi connectivity index (χ0n) is 17.8. The summed E-state index contributed by atoms with van der Waals surface area (Å²) in [6.07, 6.45) is -3.05. The van der Waals surface area contributed by atoms with Gasteiger partial charge in [0.1, 0.15) is 16.3 Å². The van der Waals surface area contributed by atoms with Gasteiger partial charge in [-0.1, -0.05) is 19.1 Å². The summed E-state index contributed by atoms with van der Waals surface area (Å²) in [6, 6.07) is 10.2. The van der Waals surface area contributed by atoms with Crippen LogP contribution in [0.5, 0.6) is 5.75 Å². The Balaban J connectivity index is 1.45. The van der Waals surface area contributed by atoms with E-state index in [4.69, 9.17) is 14.3 Å². The molecule has 0 amide bonds. The SMILES string of the molecule is Cc1sc(-c2ccc(C(F)(F)F)cc2)nc1C(C)COc1ccc2c(CC(=O)O)coc2c1. The van der Waals surface area contributed by atoms with Crippen LogP contribution < -0.4 is 4.74 Å². The van der Waals surface area contributed by atoms with Gasteiger partial charge in [0.15, 0.2) is 0 Å². The third kappa shape index (κ3) is 5.03. The number of alkyl halides is 3. The minimum absolute atomic E-state index is 0.0562. The highest BCUT2D eigenvalue weighted by Crippen LogP contribution is 2.35. The molecular formula is C24H20F3NO4S. The summed E-state index contributed by atoms with van der Waals surface area (Å²) in [5, 5.41) is 10.4. The normalized spacial score (nSPS) is 12.8. The minimum atomic E-state index is -4.37. The lowest BCUT2D eigenvalue weighted by atomic mass is 10.1. The minimum Gasteiger partial charge on any atom is -0.493 e. The molecule has 1 unspecified atom stereocenters. The van der Waals surface area contributed by atoms with Crippen LogP contribution in [0.15, 0.2) is 53.1 Å². The van der Waals surface area contributed by atoms with Crippen molar-refractivity contribution >= 4 is 28.3 Å². The molecule has 2 aromatic heterocycles. The van der Waals surface area contributed by atoms with E-state index < -0.39 is 17.7 Å². The highest BCUT2D eigenvalue weighted by atomic mass is 32.1. The molecule has 1 N–H and O–H groups in total. The third-order valence-corrected chi connectivity index (χ3v) is 6.26. The molecule has 9 heteroatoms. The molecule has 0 aliphatic rings. The molecule has 0 aliphatic heterocycles. The molecular weight excluding hydrogens is 455 g/mol. The molecule has 0 aliphatic carbocycles. The van der Waals surface area contributed by atoms with Crippen LogP contribution in [0.25, 0.3) is 21.5 Å². The van der Waals surface area contributed by atoms with Gasteiger partial charge < -0.3 is 14.3 Å². The van der Waals surface area contributed by atoms with Gasteiger partial charge in [0.2, 0.25) is 0 Å². The lowest BCUT2D eigenvalue weighted by Gasteiger charge is -2.12. The number of aryl methyl sites for hydroxylation is 1. The Labute approximate surface area is 191 Å². The quantitative estimate of drug-likeness (QED) is 0.322. The standard InChI is InChI=1S/C24H20F3NO4S/c1-13(11-31-18-7-8-19-16(9-21(29)30)12-32-20(19)10-18)22-14(2)33-23(28-22)15-3-5-17(6-4-15)24(25,26)27/h3-8,10,12-13H,9,11H2,1-2H3,(H,29,30). The van der Waals surface area contributed by atoms with Gasteiger partial charge in [-0.2, -0.15) is 13.2 Å². The van der Waals surface area contributed by atoms with E-state index in [0.717, 1.165) is 28.1 Å². The lowest BCUT2D eigenvalue weighted by molar-refractivity contribution is -0.138. The van der Waals surface area contributed by atoms with E-state index in [1.165, 1.54) is 29.7 Å². The Morgan fingerprint density at radius 2 is 1.94 bits per heavy atom. The van der Waals surface area contributed by atoms with Crippen molar-refractivity contribution in [2.75, 3.05) is 6.61 Å². The van der Waals surface area contributed by atoms with Crippen molar-refractivity contribution in [2.24, 2.45) is 0 Å². The summed E-state index contributed by atoms with van der Waals surface area (Å²) in [4.78, 5) is 16.6. The molecule has 2 aromatic carbocycles. The molecule has 172 valence electrons. The molecule has 2 heterocycles. The van der Waals surface area contributed by atoms with Gasteiger partial charge in [-0.05, 0) is 31.2 Å². The molecule has 33 heavy (non-hydrogen) atoms. The molecule has 5 nitrogen and oxygen atoms in total. The second-order valence-electron chi connectivity index (χ2n) is 7.74. The number of ether oxygens (including phenoxy) is 1. The van der Waals surface area contributed by atoms with Crippen LogP contribution in [-0.2, 0) is 17.4 Å². The van der Waals surface area contributed by atoms with E-state index >= 15 is 0 Å². The first kappa shape index (κ1) is 22.8. The average molecular weight is 475 g/mol. The van der Waals surface area contributed by atoms with Crippen LogP contribution in [0.4, 0.5) is 13.2 Å². The van der Waals surface area contributed by atoms with Crippen LogP contribution in [0.3, 0.4) is 0 Å². The number of carboxylic acid groups (broad SMARTS) is 1. The fourth-order valence-electron chi connectivity index (χ4n) is 3.54. The van der Waals surface area contributed by atoms with Crippen molar-refractivity contribution in [3.05, 3.63) is 70.4 Å². The highest BCUT2D eigenvalue weighted by molar-refractivity contribution is 7.15. The van der Waals surface area contributed by atoms with E-state index in [2.05, 4.69) is 4.98 Å². The maximum atomic E-state index is 12.8. The van der Waals surface area contributed by atoms with E-state index in [9.17, 15) is 18.0 Å². The predicted octanol–water partition coefficient (Wildman–Crippen LogP) is 6.69. The Hall–Kier alpha value is -3.33. The fourth-order valence-corrected chi connectivity index (χ4v) is 4.58. The number of aromatic nitrogens is 1. The number of aliphatic carboxylic acids is 1. The molecule has 4 aromatic rings. The van der Waals surface area contributed by atoms with Gasteiger partial charge in [-0.15, -0.1) is 11.3 Å². The van der Waals surface area contributed by atoms with E-state index in [0.29, 0.717) is 34.1 Å². The summed E-state index contributed by atoms with van der Waals surface area (Å²) >= 11 is 1.43. The van der Waals surface area contributed by atoms with Crippen molar-refractivity contribution in [1.29, 1.82) is 0 Å². The molecule has 0 fully saturated rings. The number of furan rings is 1. The molecule has 0 bridgehead atoms. The Kier molecular flexibility index (Phi) is 6.16. The van der Waals surface area contributed by atoms with Crippen molar-refractivity contribution in [3.63, 3.8) is 0 Å². The zero-order valence-corrected chi connectivity index (χ0v) is 18.6. The first-order chi connectivity index (χ1) is 15.6. The number of thiazole rings is 1. The van der Waals surface area contributed by atoms with Crippen molar-refractivity contribution in [3.8, 4) is 16.3 Å². The number of benzene rings is 2. The summed E-state index contributed by atoms with van der Waals surface area (Å²) in [5.41, 5.74) is 1.93. The number of fused-ring (bicyclic) bond motifs is 1. The number of hydrogen-bond acceptors (Lipinski definition) is 5. The maximum absolute atomic E-state index is 12.8. The number of rotatable bonds is 7. The Morgan fingerprint density at radius 1 is 1.21 bits per heavy atom. The second-order valence-corrected chi connectivity index (χ2v) is 8.94. The van der Waals surface area contributed by atoms with Crippen molar-refractivity contribution in [1.82, 2.24) is 4.98 Å². The molecule has 4 rings (SSSR count). The number of carbonyl (C=O) groups is 1. The topological polar surface area (TPSA) is 72.6 Å². The highest BCUT2D eigenvalue weighted by Gasteiger charge is 2.30. The molecule has 0 spiro atoms. The van der Waals surface area contributed by atoms with Crippen LogP contribution in [0.1, 0.15) is 34.5 Å². The van der Waals surface area contributed by atoms with Crippen LogP contribution in [0.2, 0.25) is 0 Å². The van der Waals surface area contributed by atoms with Gasteiger partial charge >= 0.3 is 12.1 Å².